The van der Waals surface area contributed by atoms with Gasteiger partial charge in [0, 0.05) is 34.6 Å². The van der Waals surface area contributed by atoms with Gasteiger partial charge in [0.2, 0.25) is 5.95 Å². The number of halogens is 4. The van der Waals surface area contributed by atoms with Crippen LogP contribution in [0, 0.1) is 0 Å². The van der Waals surface area contributed by atoms with E-state index in [-0.39, 0.29) is 60.2 Å². The molecule has 2 atom stereocenters. The number of aromatic amines is 1. The summed E-state index contributed by atoms with van der Waals surface area (Å²) < 4.78 is 15.0. The fourth-order valence-electron chi connectivity index (χ4n) is 4.11. The van der Waals surface area contributed by atoms with Crippen LogP contribution in [-0.4, -0.2) is 58.8 Å². The van der Waals surface area contributed by atoms with Gasteiger partial charge in [0.15, 0.2) is 0 Å². The quantitative estimate of drug-likeness (QED) is 0.407. The van der Waals surface area contributed by atoms with E-state index < -0.39 is 17.8 Å². The molecule has 0 spiro atoms. The van der Waals surface area contributed by atoms with Crippen LogP contribution in [0.1, 0.15) is 34.1 Å². The molecule has 1 fully saturated rings. The molecule has 3 aromatic heterocycles. The van der Waals surface area contributed by atoms with Crippen LogP contribution < -0.4 is 10.6 Å². The van der Waals surface area contributed by atoms with E-state index in [1.165, 1.54) is 6.20 Å². The van der Waals surface area contributed by atoms with E-state index in [1.54, 1.807) is 24.7 Å². The molecule has 33 heavy (non-hydrogen) atoms. The van der Waals surface area contributed by atoms with E-state index in [9.17, 15) is 9.50 Å². The highest BCUT2D eigenvalue weighted by Gasteiger charge is 2.46. The summed E-state index contributed by atoms with van der Waals surface area (Å²) in [6.07, 6.45) is 5.86. The highest BCUT2D eigenvalue weighted by atomic mass is 35.5. The Labute approximate surface area is 210 Å². The fraction of sp³-hybridized carbons (Fsp3) is 0.450. The molecule has 13 heteroatoms. The number of hydrogen-bond donors (Lipinski definition) is 4. The SMILES string of the molecule is CC1(C)C[C@H](Nc2ncc(-c3ncc(-c4cn[nH]c4)cc3O)nn2)[C@H](F)C(C)(C)N1.Cl.Cl.Cl. The second-order valence-corrected chi connectivity index (χ2v) is 8.83. The molecule has 4 heterocycles. The summed E-state index contributed by atoms with van der Waals surface area (Å²) in [5, 5.41) is 31.5. The van der Waals surface area contributed by atoms with Gasteiger partial charge in [-0.15, -0.1) is 47.4 Å². The Kier molecular flexibility index (Phi) is 9.39. The number of nitrogens with one attached hydrogen (secondary N) is 3. The van der Waals surface area contributed by atoms with E-state index >= 15 is 0 Å². The predicted molar refractivity (Wildman–Crippen MR) is 132 cm³/mol. The first kappa shape index (κ1) is 28.8. The molecular weight excluding hydrogens is 494 g/mol. The third kappa shape index (κ3) is 6.20. The monoisotopic (exact) mass is 520 g/mol. The van der Waals surface area contributed by atoms with Crippen molar-refractivity contribution in [1.82, 2.24) is 35.7 Å². The van der Waals surface area contributed by atoms with Gasteiger partial charge in [-0.25, -0.2) is 14.4 Å². The number of aromatic nitrogens is 6. The molecule has 0 aliphatic carbocycles. The van der Waals surface area contributed by atoms with Crippen molar-refractivity contribution in [1.29, 1.82) is 0 Å². The summed E-state index contributed by atoms with van der Waals surface area (Å²) in [5.41, 5.74) is 1.19. The van der Waals surface area contributed by atoms with Gasteiger partial charge in [0.1, 0.15) is 23.3 Å². The molecule has 4 N–H and O–H groups in total. The van der Waals surface area contributed by atoms with Gasteiger partial charge in [-0.3, -0.25) is 5.10 Å². The molecular formula is C20H28Cl3FN8O. The number of rotatable bonds is 4. The molecule has 0 bridgehead atoms. The minimum absolute atomic E-state index is 0. The maximum absolute atomic E-state index is 15.0. The molecule has 3 aromatic rings. The minimum Gasteiger partial charge on any atom is -0.506 e. The summed E-state index contributed by atoms with van der Waals surface area (Å²) in [5.74, 6) is 0.186. The molecule has 0 aromatic carbocycles. The number of H-pyrrole nitrogens is 1. The summed E-state index contributed by atoms with van der Waals surface area (Å²) >= 11 is 0. The third-order valence-electron chi connectivity index (χ3n) is 5.25. The first-order valence-corrected chi connectivity index (χ1v) is 9.73. The van der Waals surface area contributed by atoms with E-state index in [0.717, 1.165) is 5.56 Å². The van der Waals surface area contributed by atoms with Gasteiger partial charge in [-0.05, 0) is 40.2 Å². The Bertz CT molecular complexity index is 1030. The maximum atomic E-state index is 15.0. The van der Waals surface area contributed by atoms with Crippen molar-refractivity contribution in [2.24, 2.45) is 0 Å². The van der Waals surface area contributed by atoms with Crippen LogP contribution in [0.4, 0.5) is 10.3 Å². The molecule has 1 aliphatic heterocycles. The highest BCUT2D eigenvalue weighted by molar-refractivity contribution is 5.86. The lowest BCUT2D eigenvalue weighted by molar-refractivity contribution is 0.0654. The normalized spacial score (nSPS) is 20.5. The Balaban J connectivity index is 0.00000181. The van der Waals surface area contributed by atoms with Crippen molar-refractivity contribution < 1.29 is 9.50 Å². The largest absolute Gasteiger partial charge is 0.506 e. The Morgan fingerprint density at radius 1 is 1.03 bits per heavy atom. The lowest BCUT2D eigenvalue weighted by Gasteiger charge is -2.48. The van der Waals surface area contributed by atoms with Crippen molar-refractivity contribution in [3.63, 3.8) is 0 Å². The van der Waals surface area contributed by atoms with Gasteiger partial charge in [-0.1, -0.05) is 0 Å². The predicted octanol–water partition coefficient (Wildman–Crippen LogP) is 3.96. The van der Waals surface area contributed by atoms with Crippen molar-refractivity contribution in [2.75, 3.05) is 5.32 Å². The lowest BCUT2D eigenvalue weighted by Crippen LogP contribution is -2.67. The second kappa shape index (κ2) is 10.8. The minimum atomic E-state index is -1.13. The number of aromatic hydroxyl groups is 1. The second-order valence-electron chi connectivity index (χ2n) is 8.83. The van der Waals surface area contributed by atoms with Crippen LogP contribution in [0.2, 0.25) is 0 Å². The number of piperidine rings is 1. The zero-order valence-corrected chi connectivity index (χ0v) is 21.0. The topological polar surface area (TPSA) is 125 Å². The number of pyridine rings is 1. The summed E-state index contributed by atoms with van der Waals surface area (Å²) in [4.78, 5) is 8.53. The van der Waals surface area contributed by atoms with E-state index in [4.69, 9.17) is 0 Å². The van der Waals surface area contributed by atoms with Crippen LogP contribution in [0.15, 0.2) is 30.9 Å². The van der Waals surface area contributed by atoms with Gasteiger partial charge in [0.05, 0.1) is 18.4 Å². The molecule has 0 radical (unpaired) electrons. The summed E-state index contributed by atoms with van der Waals surface area (Å²) in [6.45, 7) is 7.77. The molecule has 182 valence electrons. The number of anilines is 1. The Morgan fingerprint density at radius 3 is 2.33 bits per heavy atom. The lowest BCUT2D eigenvalue weighted by atomic mass is 9.78. The van der Waals surface area contributed by atoms with Crippen LogP contribution in [-0.2, 0) is 0 Å². The smallest absolute Gasteiger partial charge is 0.243 e. The highest BCUT2D eigenvalue weighted by Crippen LogP contribution is 2.33. The Morgan fingerprint density at radius 2 is 1.76 bits per heavy atom. The molecule has 0 unspecified atom stereocenters. The number of hydrogen-bond acceptors (Lipinski definition) is 8. The molecule has 4 rings (SSSR count). The molecule has 0 amide bonds. The van der Waals surface area contributed by atoms with Gasteiger partial charge in [-0.2, -0.15) is 5.10 Å². The van der Waals surface area contributed by atoms with Crippen molar-refractivity contribution >= 4 is 43.2 Å². The molecule has 9 nitrogen and oxygen atoms in total. The third-order valence-corrected chi connectivity index (χ3v) is 5.25. The van der Waals surface area contributed by atoms with Crippen molar-refractivity contribution in [3.8, 4) is 28.3 Å². The molecule has 1 aliphatic rings. The Hall–Kier alpha value is -2.27. The molecule has 0 saturated carbocycles. The van der Waals surface area contributed by atoms with E-state index in [0.29, 0.717) is 17.7 Å². The number of nitrogens with zero attached hydrogens (tertiary/aromatic N) is 5. The van der Waals surface area contributed by atoms with Crippen LogP contribution in [0.3, 0.4) is 0 Å². The first-order chi connectivity index (χ1) is 14.1. The van der Waals surface area contributed by atoms with E-state index in [2.05, 4.69) is 41.0 Å². The zero-order valence-electron chi connectivity index (χ0n) is 18.5. The van der Waals surface area contributed by atoms with E-state index in [1.807, 2.05) is 27.7 Å². The van der Waals surface area contributed by atoms with Crippen molar-refractivity contribution in [2.45, 2.75) is 57.4 Å². The summed E-state index contributed by atoms with van der Waals surface area (Å²) in [7, 11) is 0. The summed E-state index contributed by atoms with van der Waals surface area (Å²) in [6, 6.07) is 1.12. The fourth-order valence-corrected chi connectivity index (χ4v) is 4.11. The maximum Gasteiger partial charge on any atom is 0.243 e. The average molecular weight is 522 g/mol. The van der Waals surface area contributed by atoms with Gasteiger partial charge in [0.25, 0.3) is 0 Å². The van der Waals surface area contributed by atoms with Crippen LogP contribution in [0.5, 0.6) is 5.75 Å². The van der Waals surface area contributed by atoms with Gasteiger partial charge < -0.3 is 15.7 Å². The first-order valence-electron chi connectivity index (χ1n) is 9.73. The zero-order chi connectivity index (χ0) is 21.5. The van der Waals surface area contributed by atoms with Crippen LogP contribution >= 0.6 is 37.2 Å². The van der Waals surface area contributed by atoms with Gasteiger partial charge >= 0.3 is 0 Å². The van der Waals surface area contributed by atoms with Crippen molar-refractivity contribution in [3.05, 3.63) is 30.9 Å². The standard InChI is InChI=1S/C20H25FN8O.3ClH/c1-19(2)6-13(17(21)20(3,4)29-19)26-18-23-10-14(27-28-18)16-15(30)5-11(7-22-16)12-8-24-25-9-12;;;/h5,7-10,13,17,29-30H,6H2,1-4H3,(H,24,25)(H,23,26,28);3*1H/t13-,17-;;;/m0.../s1. The average Bonchev–Trinajstić information content (AvgIpc) is 3.20. The molecule has 1 saturated heterocycles. The number of alkyl halides is 1. The van der Waals surface area contributed by atoms with Crippen LogP contribution in [0.25, 0.3) is 22.5 Å².